The van der Waals surface area contributed by atoms with Crippen LogP contribution in [0.5, 0.6) is 0 Å². The van der Waals surface area contributed by atoms with Gasteiger partial charge in [0.05, 0.1) is 6.61 Å². The normalized spacial score (nSPS) is 22.2. The van der Waals surface area contributed by atoms with E-state index in [0.717, 1.165) is 12.8 Å². The molecule has 0 fully saturated rings. The van der Waals surface area contributed by atoms with E-state index < -0.39 is 0 Å². The predicted octanol–water partition coefficient (Wildman–Crippen LogP) is 2.00. The summed E-state index contributed by atoms with van der Waals surface area (Å²) in [6.07, 6.45) is 2.17. The fraction of sp³-hybridized carbons (Fsp3) is 0.500. The van der Waals surface area contributed by atoms with Crippen molar-refractivity contribution in [2.75, 3.05) is 6.61 Å². The molecule has 3 nitrogen and oxygen atoms in total. The summed E-state index contributed by atoms with van der Waals surface area (Å²) in [5.41, 5.74) is 8.77. The Labute approximate surface area is 102 Å². The minimum atomic E-state index is -0.121. The Morgan fingerprint density at radius 1 is 1.47 bits per heavy atom. The third-order valence-corrected chi connectivity index (χ3v) is 3.39. The van der Waals surface area contributed by atoms with E-state index in [1.54, 1.807) is 0 Å². The van der Waals surface area contributed by atoms with Crippen LogP contribution in [0.25, 0.3) is 0 Å². The van der Waals surface area contributed by atoms with Gasteiger partial charge in [-0.2, -0.15) is 0 Å². The molecule has 0 spiro atoms. The van der Waals surface area contributed by atoms with Crippen LogP contribution in [-0.2, 0) is 16.0 Å². The van der Waals surface area contributed by atoms with Crippen LogP contribution in [-0.4, -0.2) is 18.6 Å². The zero-order valence-corrected chi connectivity index (χ0v) is 10.2. The molecule has 0 bridgehead atoms. The van der Waals surface area contributed by atoms with Gasteiger partial charge in [0.25, 0.3) is 0 Å². The van der Waals surface area contributed by atoms with Crippen molar-refractivity contribution in [1.29, 1.82) is 0 Å². The lowest BCUT2D eigenvalue weighted by atomic mass is 9.94. The Hall–Kier alpha value is -1.35. The maximum atomic E-state index is 11.4. The predicted molar refractivity (Wildman–Crippen MR) is 66.7 cm³/mol. The lowest BCUT2D eigenvalue weighted by molar-refractivity contribution is -0.143. The number of fused-ring (bicyclic) bond motifs is 1. The highest BCUT2D eigenvalue weighted by Gasteiger charge is 2.29. The molecule has 0 saturated heterocycles. The SMILES string of the molecule is CCOC(=O)CCC1c2ccccc2CC1N. The number of carbonyl (C=O) groups excluding carboxylic acids is 1. The molecule has 1 aromatic rings. The van der Waals surface area contributed by atoms with Gasteiger partial charge in [-0.3, -0.25) is 4.79 Å². The number of hydrogen-bond donors (Lipinski definition) is 1. The summed E-state index contributed by atoms with van der Waals surface area (Å²) in [5.74, 6) is 0.180. The zero-order chi connectivity index (χ0) is 12.3. The monoisotopic (exact) mass is 233 g/mol. The third kappa shape index (κ3) is 2.67. The molecule has 3 heteroatoms. The van der Waals surface area contributed by atoms with Gasteiger partial charge in [-0.15, -0.1) is 0 Å². The Bertz CT molecular complexity index is 403. The van der Waals surface area contributed by atoms with Crippen LogP contribution in [0.15, 0.2) is 24.3 Å². The zero-order valence-electron chi connectivity index (χ0n) is 10.2. The molecule has 0 saturated carbocycles. The Morgan fingerprint density at radius 2 is 2.24 bits per heavy atom. The molecule has 1 aliphatic carbocycles. The molecule has 2 rings (SSSR count). The second-order valence-electron chi connectivity index (χ2n) is 4.52. The van der Waals surface area contributed by atoms with Crippen molar-refractivity contribution in [1.82, 2.24) is 0 Å². The first-order valence-corrected chi connectivity index (χ1v) is 6.21. The van der Waals surface area contributed by atoms with Gasteiger partial charge in [0.1, 0.15) is 0 Å². The molecule has 0 heterocycles. The van der Waals surface area contributed by atoms with Crippen molar-refractivity contribution < 1.29 is 9.53 Å². The maximum absolute atomic E-state index is 11.4. The quantitative estimate of drug-likeness (QED) is 0.809. The van der Waals surface area contributed by atoms with E-state index in [4.69, 9.17) is 10.5 Å². The van der Waals surface area contributed by atoms with Crippen molar-refractivity contribution >= 4 is 5.97 Å². The van der Waals surface area contributed by atoms with Gasteiger partial charge >= 0.3 is 5.97 Å². The van der Waals surface area contributed by atoms with Crippen molar-refractivity contribution in [3.05, 3.63) is 35.4 Å². The molecule has 1 aromatic carbocycles. The molecule has 0 aliphatic heterocycles. The van der Waals surface area contributed by atoms with Crippen LogP contribution in [0.2, 0.25) is 0 Å². The van der Waals surface area contributed by atoms with E-state index in [2.05, 4.69) is 12.1 Å². The number of rotatable bonds is 4. The molecular weight excluding hydrogens is 214 g/mol. The van der Waals surface area contributed by atoms with Crippen LogP contribution in [0, 0.1) is 0 Å². The van der Waals surface area contributed by atoms with Crippen LogP contribution in [0.3, 0.4) is 0 Å². The number of nitrogens with two attached hydrogens (primary N) is 1. The average molecular weight is 233 g/mol. The van der Waals surface area contributed by atoms with E-state index in [-0.39, 0.29) is 12.0 Å². The van der Waals surface area contributed by atoms with Crippen molar-refractivity contribution in [3.8, 4) is 0 Å². The van der Waals surface area contributed by atoms with Gasteiger partial charge in [0.15, 0.2) is 0 Å². The summed E-state index contributed by atoms with van der Waals surface area (Å²) in [4.78, 5) is 11.4. The van der Waals surface area contributed by atoms with Crippen LogP contribution < -0.4 is 5.73 Å². The van der Waals surface area contributed by atoms with Crippen LogP contribution >= 0.6 is 0 Å². The van der Waals surface area contributed by atoms with E-state index >= 15 is 0 Å². The summed E-state index contributed by atoms with van der Waals surface area (Å²) < 4.78 is 4.95. The van der Waals surface area contributed by atoms with E-state index in [9.17, 15) is 4.79 Å². The first-order valence-electron chi connectivity index (χ1n) is 6.21. The molecule has 92 valence electrons. The van der Waals surface area contributed by atoms with Crippen molar-refractivity contribution in [3.63, 3.8) is 0 Å². The second-order valence-corrected chi connectivity index (χ2v) is 4.52. The molecule has 1 aliphatic rings. The molecule has 0 amide bonds. The topological polar surface area (TPSA) is 52.3 Å². The average Bonchev–Trinajstić information content (AvgIpc) is 2.62. The number of hydrogen-bond acceptors (Lipinski definition) is 3. The standard InChI is InChI=1S/C14H19NO2/c1-2-17-14(16)8-7-12-11-6-4-3-5-10(11)9-13(12)15/h3-6,12-13H,2,7-9,15H2,1H3. The number of esters is 1. The van der Waals surface area contributed by atoms with Gasteiger partial charge in [0.2, 0.25) is 0 Å². The lowest BCUT2D eigenvalue weighted by Crippen LogP contribution is -2.25. The Balaban J connectivity index is 1.99. The Kier molecular flexibility index (Phi) is 3.79. The highest BCUT2D eigenvalue weighted by molar-refractivity contribution is 5.69. The summed E-state index contributed by atoms with van der Waals surface area (Å²) in [5, 5.41) is 0. The summed E-state index contributed by atoms with van der Waals surface area (Å²) >= 11 is 0. The summed E-state index contributed by atoms with van der Waals surface area (Å²) in [6.45, 7) is 2.28. The number of carbonyl (C=O) groups is 1. The third-order valence-electron chi connectivity index (χ3n) is 3.39. The van der Waals surface area contributed by atoms with Crippen molar-refractivity contribution in [2.24, 2.45) is 5.73 Å². The van der Waals surface area contributed by atoms with Gasteiger partial charge in [-0.25, -0.2) is 0 Å². The lowest BCUT2D eigenvalue weighted by Gasteiger charge is -2.15. The fourth-order valence-corrected chi connectivity index (χ4v) is 2.58. The molecular formula is C14H19NO2. The summed E-state index contributed by atoms with van der Waals surface area (Å²) in [7, 11) is 0. The van der Waals surface area contributed by atoms with E-state index in [1.807, 2.05) is 19.1 Å². The fourth-order valence-electron chi connectivity index (χ4n) is 2.58. The van der Waals surface area contributed by atoms with Gasteiger partial charge in [-0.05, 0) is 30.9 Å². The first kappa shape index (κ1) is 12.1. The largest absolute Gasteiger partial charge is 0.466 e. The molecule has 17 heavy (non-hydrogen) atoms. The highest BCUT2D eigenvalue weighted by Crippen LogP contribution is 2.35. The highest BCUT2D eigenvalue weighted by atomic mass is 16.5. The second kappa shape index (κ2) is 5.32. The van der Waals surface area contributed by atoms with Crippen LogP contribution in [0.4, 0.5) is 0 Å². The molecule has 0 aromatic heterocycles. The molecule has 2 unspecified atom stereocenters. The number of benzene rings is 1. The van der Waals surface area contributed by atoms with Gasteiger partial charge < -0.3 is 10.5 Å². The smallest absolute Gasteiger partial charge is 0.305 e. The van der Waals surface area contributed by atoms with E-state index in [0.29, 0.717) is 18.9 Å². The first-order chi connectivity index (χ1) is 8.22. The number of ether oxygens (including phenoxy) is 1. The maximum Gasteiger partial charge on any atom is 0.305 e. The van der Waals surface area contributed by atoms with Gasteiger partial charge in [0, 0.05) is 18.4 Å². The Morgan fingerprint density at radius 3 is 3.00 bits per heavy atom. The van der Waals surface area contributed by atoms with Crippen molar-refractivity contribution in [2.45, 2.75) is 38.1 Å². The van der Waals surface area contributed by atoms with Gasteiger partial charge in [-0.1, -0.05) is 24.3 Å². The molecule has 0 radical (unpaired) electrons. The van der Waals surface area contributed by atoms with E-state index in [1.165, 1.54) is 11.1 Å². The summed E-state index contributed by atoms with van der Waals surface area (Å²) in [6, 6.07) is 8.47. The molecule has 2 N–H and O–H groups in total. The van der Waals surface area contributed by atoms with Crippen LogP contribution in [0.1, 0.15) is 36.8 Å². The molecule has 2 atom stereocenters. The minimum absolute atomic E-state index is 0.121. The minimum Gasteiger partial charge on any atom is -0.466 e.